The predicted octanol–water partition coefficient (Wildman–Crippen LogP) is 2.97. The highest BCUT2D eigenvalue weighted by molar-refractivity contribution is 4.52. The molecule has 1 unspecified atom stereocenters. The third-order valence-corrected chi connectivity index (χ3v) is 1.77. The van der Waals surface area contributed by atoms with Gasteiger partial charge in [0.25, 0.3) is 0 Å². The van der Waals surface area contributed by atoms with Crippen molar-refractivity contribution in [3.05, 3.63) is 12.8 Å². The van der Waals surface area contributed by atoms with Crippen LogP contribution in [0.1, 0.15) is 33.1 Å². The smallest absolute Gasteiger partial charge is 0.0873 e. The second-order valence-corrected chi connectivity index (χ2v) is 2.69. The molecule has 0 saturated carbocycles. The molecule has 0 aliphatic rings. The van der Waals surface area contributed by atoms with Gasteiger partial charge in [0.2, 0.25) is 0 Å². The van der Waals surface area contributed by atoms with Gasteiger partial charge < -0.3 is 4.74 Å². The maximum atomic E-state index is 4.99. The van der Waals surface area contributed by atoms with Gasteiger partial charge >= 0.3 is 0 Å². The van der Waals surface area contributed by atoms with Crippen molar-refractivity contribution in [2.75, 3.05) is 6.61 Å². The van der Waals surface area contributed by atoms with Crippen molar-refractivity contribution in [3.8, 4) is 0 Å². The maximum Gasteiger partial charge on any atom is 0.0873 e. The highest BCUT2D eigenvalue weighted by Gasteiger charge is 1.96. The summed E-state index contributed by atoms with van der Waals surface area (Å²) < 4.78 is 4.99. The van der Waals surface area contributed by atoms with E-state index < -0.39 is 0 Å². The normalized spacial score (nSPS) is 12.6. The van der Waals surface area contributed by atoms with Crippen molar-refractivity contribution < 1.29 is 4.74 Å². The SMILES string of the molecule is C=COCCCC(C)CC. The van der Waals surface area contributed by atoms with E-state index in [-0.39, 0.29) is 0 Å². The summed E-state index contributed by atoms with van der Waals surface area (Å²) >= 11 is 0. The third-order valence-electron chi connectivity index (χ3n) is 1.77. The van der Waals surface area contributed by atoms with Crippen LogP contribution in [0.4, 0.5) is 0 Å². The summed E-state index contributed by atoms with van der Waals surface area (Å²) in [5, 5.41) is 0. The van der Waals surface area contributed by atoms with E-state index in [1.165, 1.54) is 19.1 Å². The van der Waals surface area contributed by atoms with Crippen LogP contribution in [0.25, 0.3) is 0 Å². The standard InChI is InChI=1S/C9H18O/c1-4-9(3)7-6-8-10-5-2/h5,9H,2,4,6-8H2,1,3H3. The Bertz CT molecular complexity index is 78.8. The molecule has 0 saturated heterocycles. The number of ether oxygens (including phenoxy) is 1. The van der Waals surface area contributed by atoms with Crippen molar-refractivity contribution in [1.29, 1.82) is 0 Å². The Labute approximate surface area is 64.1 Å². The molecule has 1 atom stereocenters. The van der Waals surface area contributed by atoms with Crippen LogP contribution in [-0.2, 0) is 4.74 Å². The number of hydrogen-bond acceptors (Lipinski definition) is 1. The Morgan fingerprint density at radius 1 is 1.60 bits per heavy atom. The van der Waals surface area contributed by atoms with E-state index in [1.807, 2.05) is 0 Å². The molecule has 1 nitrogen and oxygen atoms in total. The van der Waals surface area contributed by atoms with Crippen LogP contribution < -0.4 is 0 Å². The topological polar surface area (TPSA) is 9.23 Å². The fourth-order valence-electron chi connectivity index (χ4n) is 0.803. The first kappa shape index (κ1) is 9.54. The summed E-state index contributed by atoms with van der Waals surface area (Å²) in [4.78, 5) is 0. The van der Waals surface area contributed by atoms with E-state index in [0.29, 0.717) is 0 Å². The van der Waals surface area contributed by atoms with Gasteiger partial charge in [-0.25, -0.2) is 0 Å². The van der Waals surface area contributed by atoms with E-state index >= 15 is 0 Å². The lowest BCUT2D eigenvalue weighted by Gasteiger charge is -2.06. The van der Waals surface area contributed by atoms with Crippen LogP contribution in [0.5, 0.6) is 0 Å². The van der Waals surface area contributed by atoms with Crippen LogP contribution in [0.15, 0.2) is 12.8 Å². The molecule has 0 aromatic carbocycles. The number of hydrogen-bond donors (Lipinski definition) is 0. The lowest BCUT2D eigenvalue weighted by atomic mass is 10.0. The van der Waals surface area contributed by atoms with Crippen LogP contribution >= 0.6 is 0 Å². The summed E-state index contributed by atoms with van der Waals surface area (Å²) in [6.45, 7) is 8.80. The molecule has 0 heterocycles. The van der Waals surface area contributed by atoms with E-state index in [0.717, 1.165) is 18.9 Å². The molecule has 0 aromatic heterocycles. The van der Waals surface area contributed by atoms with Crippen molar-refractivity contribution >= 4 is 0 Å². The van der Waals surface area contributed by atoms with E-state index in [2.05, 4.69) is 20.4 Å². The molecule has 0 aromatic rings. The average molecular weight is 142 g/mol. The van der Waals surface area contributed by atoms with Gasteiger partial charge in [-0.15, -0.1) is 0 Å². The van der Waals surface area contributed by atoms with Gasteiger partial charge in [0, 0.05) is 0 Å². The van der Waals surface area contributed by atoms with Crippen LogP contribution in [0.3, 0.4) is 0 Å². The fourth-order valence-corrected chi connectivity index (χ4v) is 0.803. The zero-order valence-electron chi connectivity index (χ0n) is 7.10. The van der Waals surface area contributed by atoms with E-state index in [4.69, 9.17) is 4.74 Å². The molecule has 0 fully saturated rings. The molecular weight excluding hydrogens is 124 g/mol. The van der Waals surface area contributed by atoms with Crippen LogP contribution in [-0.4, -0.2) is 6.61 Å². The minimum Gasteiger partial charge on any atom is -0.502 e. The van der Waals surface area contributed by atoms with Crippen LogP contribution in [0, 0.1) is 5.92 Å². The molecule has 0 bridgehead atoms. The summed E-state index contributed by atoms with van der Waals surface area (Å²) in [6, 6.07) is 0. The Hall–Kier alpha value is -0.460. The molecule has 0 rings (SSSR count). The molecule has 0 N–H and O–H groups in total. The van der Waals surface area contributed by atoms with Crippen molar-refractivity contribution in [2.24, 2.45) is 5.92 Å². The van der Waals surface area contributed by atoms with Gasteiger partial charge in [-0.1, -0.05) is 26.8 Å². The minimum atomic E-state index is 0.827. The first-order chi connectivity index (χ1) is 4.81. The van der Waals surface area contributed by atoms with Crippen molar-refractivity contribution in [2.45, 2.75) is 33.1 Å². The summed E-state index contributed by atoms with van der Waals surface area (Å²) in [5.74, 6) is 0.841. The largest absolute Gasteiger partial charge is 0.502 e. The Kier molecular flexibility index (Phi) is 6.35. The Morgan fingerprint density at radius 3 is 2.80 bits per heavy atom. The molecule has 0 radical (unpaired) electrons. The highest BCUT2D eigenvalue weighted by Crippen LogP contribution is 2.08. The van der Waals surface area contributed by atoms with E-state index in [9.17, 15) is 0 Å². The molecule has 1 heteroatoms. The molecule has 0 aliphatic carbocycles. The average Bonchev–Trinajstić information content (AvgIpc) is 1.98. The molecule has 0 aliphatic heterocycles. The van der Waals surface area contributed by atoms with Crippen LogP contribution in [0.2, 0.25) is 0 Å². The first-order valence-corrected chi connectivity index (χ1v) is 4.03. The third kappa shape index (κ3) is 5.67. The second kappa shape index (κ2) is 6.66. The summed E-state index contributed by atoms with van der Waals surface area (Å²) in [6.07, 6.45) is 5.20. The molecule has 10 heavy (non-hydrogen) atoms. The molecule has 0 spiro atoms. The molecular formula is C9H18O. The minimum absolute atomic E-state index is 0.827. The predicted molar refractivity (Wildman–Crippen MR) is 44.8 cm³/mol. The van der Waals surface area contributed by atoms with E-state index in [1.54, 1.807) is 0 Å². The van der Waals surface area contributed by atoms with Gasteiger partial charge in [0.1, 0.15) is 0 Å². The summed E-state index contributed by atoms with van der Waals surface area (Å²) in [7, 11) is 0. The lowest BCUT2D eigenvalue weighted by Crippen LogP contribution is -1.95. The Morgan fingerprint density at radius 2 is 2.30 bits per heavy atom. The monoisotopic (exact) mass is 142 g/mol. The number of rotatable bonds is 6. The highest BCUT2D eigenvalue weighted by atomic mass is 16.5. The Balaban J connectivity index is 2.95. The first-order valence-electron chi connectivity index (χ1n) is 4.03. The van der Waals surface area contributed by atoms with Gasteiger partial charge in [-0.3, -0.25) is 0 Å². The quantitative estimate of drug-likeness (QED) is 0.409. The van der Waals surface area contributed by atoms with Gasteiger partial charge in [-0.2, -0.15) is 0 Å². The van der Waals surface area contributed by atoms with Crippen molar-refractivity contribution in [1.82, 2.24) is 0 Å². The lowest BCUT2D eigenvalue weighted by molar-refractivity contribution is 0.235. The van der Waals surface area contributed by atoms with Gasteiger partial charge in [-0.05, 0) is 18.8 Å². The van der Waals surface area contributed by atoms with Gasteiger partial charge in [0.15, 0.2) is 0 Å². The van der Waals surface area contributed by atoms with Crippen molar-refractivity contribution in [3.63, 3.8) is 0 Å². The van der Waals surface area contributed by atoms with Gasteiger partial charge in [0.05, 0.1) is 12.9 Å². The zero-order chi connectivity index (χ0) is 7.82. The molecule has 0 amide bonds. The second-order valence-electron chi connectivity index (χ2n) is 2.69. The fraction of sp³-hybridized carbons (Fsp3) is 0.778. The summed E-state index contributed by atoms with van der Waals surface area (Å²) in [5.41, 5.74) is 0. The zero-order valence-corrected chi connectivity index (χ0v) is 7.10. The molecule has 60 valence electrons. The maximum absolute atomic E-state index is 4.99.